The Hall–Kier alpha value is -2.97. The third-order valence-corrected chi connectivity index (χ3v) is 2.05. The lowest BCUT2D eigenvalue weighted by Gasteiger charge is -2.05. The Morgan fingerprint density at radius 3 is 2.21 bits per heavy atom. The average molecular weight is 266 g/mol. The maximum absolute atomic E-state index is 11.3. The zero-order valence-electron chi connectivity index (χ0n) is 9.58. The number of nitro benzene ring substituents is 1. The zero-order chi connectivity index (χ0) is 14.4. The molecule has 0 fully saturated rings. The largest absolute Gasteiger partial charge is 0.361 e. The van der Waals surface area contributed by atoms with Gasteiger partial charge < -0.3 is 5.73 Å². The number of nitrogens with two attached hydrogens (primary N) is 1. The lowest BCUT2D eigenvalue weighted by molar-refractivity contribution is -0.384. The molecule has 0 atom stereocenters. The average Bonchev–Trinajstić information content (AvgIpc) is 2.36. The van der Waals surface area contributed by atoms with Crippen LogP contribution in [0.5, 0.6) is 0 Å². The second-order valence-electron chi connectivity index (χ2n) is 3.47. The summed E-state index contributed by atoms with van der Waals surface area (Å²) < 4.78 is 0. The molecule has 0 bridgehead atoms. The van der Waals surface area contributed by atoms with Crippen molar-refractivity contribution in [1.29, 1.82) is 0 Å². The van der Waals surface area contributed by atoms with Crippen molar-refractivity contribution in [2.45, 2.75) is 6.42 Å². The molecule has 0 heterocycles. The maximum atomic E-state index is 11.3. The summed E-state index contributed by atoms with van der Waals surface area (Å²) in [5.74, 6) is -2.96. The first-order valence-electron chi connectivity index (χ1n) is 5.02. The minimum atomic E-state index is -1.23. The number of carbonyl (C=O) groups is 3. The van der Waals surface area contributed by atoms with Gasteiger partial charge in [-0.05, 0) is 5.56 Å². The van der Waals surface area contributed by atoms with E-state index in [0.29, 0.717) is 5.56 Å². The van der Waals surface area contributed by atoms with Crippen LogP contribution < -0.4 is 16.6 Å². The SMILES string of the molecule is NC(=O)C(=O)NNC(=O)Cc1ccc([N+](=O)[O-])cc1. The van der Waals surface area contributed by atoms with E-state index in [1.165, 1.54) is 24.3 Å². The zero-order valence-corrected chi connectivity index (χ0v) is 9.58. The van der Waals surface area contributed by atoms with Gasteiger partial charge in [0.25, 0.3) is 5.69 Å². The number of primary amides is 1. The number of hydrazine groups is 1. The van der Waals surface area contributed by atoms with Crippen molar-refractivity contribution in [3.8, 4) is 0 Å². The van der Waals surface area contributed by atoms with Gasteiger partial charge in [-0.2, -0.15) is 0 Å². The van der Waals surface area contributed by atoms with Crippen LogP contribution in [-0.2, 0) is 20.8 Å². The minimum Gasteiger partial charge on any atom is -0.361 e. The molecule has 0 saturated carbocycles. The highest BCUT2D eigenvalue weighted by Crippen LogP contribution is 2.11. The third kappa shape index (κ3) is 4.42. The van der Waals surface area contributed by atoms with Crippen LogP contribution in [0.2, 0.25) is 0 Å². The van der Waals surface area contributed by atoms with E-state index in [1.54, 1.807) is 0 Å². The number of benzene rings is 1. The summed E-state index contributed by atoms with van der Waals surface area (Å²) in [6.45, 7) is 0. The van der Waals surface area contributed by atoms with Crippen LogP contribution in [0.15, 0.2) is 24.3 Å². The molecule has 0 spiro atoms. The predicted molar refractivity (Wildman–Crippen MR) is 62.3 cm³/mol. The van der Waals surface area contributed by atoms with Crippen molar-refractivity contribution in [2.75, 3.05) is 0 Å². The minimum absolute atomic E-state index is 0.0915. The van der Waals surface area contributed by atoms with Crippen molar-refractivity contribution in [1.82, 2.24) is 10.9 Å². The van der Waals surface area contributed by atoms with Crippen LogP contribution in [0.4, 0.5) is 5.69 Å². The van der Waals surface area contributed by atoms with E-state index in [4.69, 9.17) is 0 Å². The van der Waals surface area contributed by atoms with Crippen molar-refractivity contribution >= 4 is 23.4 Å². The molecule has 19 heavy (non-hydrogen) atoms. The summed E-state index contributed by atoms with van der Waals surface area (Å²) >= 11 is 0. The Kier molecular flexibility index (Phi) is 4.52. The van der Waals surface area contributed by atoms with Gasteiger partial charge in [-0.1, -0.05) is 12.1 Å². The topological polar surface area (TPSA) is 144 Å². The van der Waals surface area contributed by atoms with Crippen molar-refractivity contribution in [3.05, 3.63) is 39.9 Å². The Labute approximate surface area is 106 Å². The Balaban J connectivity index is 2.50. The van der Waals surface area contributed by atoms with Gasteiger partial charge in [0.05, 0.1) is 11.3 Å². The summed E-state index contributed by atoms with van der Waals surface area (Å²) in [5, 5.41) is 10.4. The van der Waals surface area contributed by atoms with E-state index >= 15 is 0 Å². The van der Waals surface area contributed by atoms with E-state index in [0.717, 1.165) is 0 Å². The fourth-order valence-electron chi connectivity index (χ4n) is 1.15. The molecule has 0 radical (unpaired) electrons. The van der Waals surface area contributed by atoms with Gasteiger partial charge in [-0.25, -0.2) is 0 Å². The highest BCUT2D eigenvalue weighted by Gasteiger charge is 2.10. The summed E-state index contributed by atoms with van der Waals surface area (Å²) in [6.07, 6.45) is -0.114. The quantitative estimate of drug-likeness (QED) is 0.356. The number of hydrogen-bond acceptors (Lipinski definition) is 5. The van der Waals surface area contributed by atoms with Crippen molar-refractivity contribution in [3.63, 3.8) is 0 Å². The molecule has 0 aliphatic rings. The lowest BCUT2D eigenvalue weighted by Crippen LogP contribution is -2.47. The summed E-state index contributed by atoms with van der Waals surface area (Å²) in [4.78, 5) is 42.3. The molecule has 9 heteroatoms. The van der Waals surface area contributed by atoms with E-state index in [9.17, 15) is 24.5 Å². The standard InChI is InChI=1S/C10H10N4O5/c11-9(16)10(17)13-12-8(15)5-6-1-3-7(4-2-6)14(18)19/h1-4H,5H2,(H2,11,16)(H,12,15)(H,13,17). The summed E-state index contributed by atoms with van der Waals surface area (Å²) in [5.41, 5.74) is 8.86. The van der Waals surface area contributed by atoms with Crippen molar-refractivity contribution in [2.24, 2.45) is 5.73 Å². The van der Waals surface area contributed by atoms with Gasteiger partial charge in [0.2, 0.25) is 5.91 Å². The molecular formula is C10H10N4O5. The second kappa shape index (κ2) is 6.10. The molecule has 0 aromatic heterocycles. The van der Waals surface area contributed by atoms with Gasteiger partial charge in [0.15, 0.2) is 0 Å². The molecule has 0 aliphatic heterocycles. The molecule has 0 unspecified atom stereocenters. The number of nitro groups is 1. The van der Waals surface area contributed by atoms with Crippen LogP contribution in [0.25, 0.3) is 0 Å². The molecule has 1 aromatic carbocycles. The van der Waals surface area contributed by atoms with Crippen LogP contribution in [-0.4, -0.2) is 22.6 Å². The molecule has 4 N–H and O–H groups in total. The van der Waals surface area contributed by atoms with Crippen LogP contribution in [0.1, 0.15) is 5.56 Å². The number of nitrogens with zero attached hydrogens (tertiary/aromatic N) is 1. The Morgan fingerprint density at radius 2 is 1.74 bits per heavy atom. The number of hydrogen-bond donors (Lipinski definition) is 3. The molecular weight excluding hydrogens is 256 g/mol. The number of amides is 3. The first-order valence-corrected chi connectivity index (χ1v) is 5.02. The van der Waals surface area contributed by atoms with Gasteiger partial charge in [-0.3, -0.25) is 35.3 Å². The molecule has 1 aromatic rings. The highest BCUT2D eigenvalue weighted by atomic mass is 16.6. The Bertz CT molecular complexity index is 525. The predicted octanol–water partition coefficient (Wildman–Crippen LogP) is -1.23. The summed E-state index contributed by atoms with van der Waals surface area (Å²) in [6, 6.07) is 5.33. The van der Waals surface area contributed by atoms with Crippen molar-refractivity contribution < 1.29 is 19.3 Å². The Morgan fingerprint density at radius 1 is 1.16 bits per heavy atom. The molecule has 9 nitrogen and oxygen atoms in total. The fourth-order valence-corrected chi connectivity index (χ4v) is 1.15. The van der Waals surface area contributed by atoms with Crippen LogP contribution in [0, 0.1) is 10.1 Å². The second-order valence-corrected chi connectivity index (χ2v) is 3.47. The number of rotatable bonds is 3. The number of nitrogens with one attached hydrogen (secondary N) is 2. The first kappa shape index (κ1) is 14.1. The first-order chi connectivity index (χ1) is 8.90. The number of carbonyl (C=O) groups excluding carboxylic acids is 3. The molecule has 3 amide bonds. The molecule has 0 saturated heterocycles. The normalized spacial score (nSPS) is 9.47. The highest BCUT2D eigenvalue weighted by molar-refractivity contribution is 6.34. The smallest absolute Gasteiger partial charge is 0.327 e. The van der Waals surface area contributed by atoms with E-state index < -0.39 is 22.6 Å². The fraction of sp³-hybridized carbons (Fsp3) is 0.100. The van der Waals surface area contributed by atoms with Gasteiger partial charge in [0.1, 0.15) is 0 Å². The van der Waals surface area contributed by atoms with Gasteiger partial charge >= 0.3 is 11.8 Å². The van der Waals surface area contributed by atoms with Crippen LogP contribution in [0.3, 0.4) is 0 Å². The number of non-ortho nitro benzene ring substituents is 1. The van der Waals surface area contributed by atoms with Gasteiger partial charge in [-0.15, -0.1) is 0 Å². The molecule has 0 aliphatic carbocycles. The maximum Gasteiger partial charge on any atom is 0.327 e. The molecule has 100 valence electrons. The van der Waals surface area contributed by atoms with E-state index in [1.807, 2.05) is 10.9 Å². The monoisotopic (exact) mass is 266 g/mol. The van der Waals surface area contributed by atoms with Gasteiger partial charge in [0, 0.05) is 12.1 Å². The van der Waals surface area contributed by atoms with Crippen LogP contribution >= 0.6 is 0 Å². The molecule has 1 rings (SSSR count). The third-order valence-electron chi connectivity index (χ3n) is 2.05. The lowest BCUT2D eigenvalue weighted by atomic mass is 10.1. The van der Waals surface area contributed by atoms with E-state index in [2.05, 4.69) is 5.73 Å². The van der Waals surface area contributed by atoms with E-state index in [-0.39, 0.29) is 12.1 Å². The summed E-state index contributed by atoms with van der Waals surface area (Å²) in [7, 11) is 0.